The number of unbranched alkanes of at least 4 members (excludes halogenated alkanes) is 21. The average Bonchev–Trinajstić information content (AvgIpc) is 0.906. The lowest BCUT2D eigenvalue weighted by atomic mass is 10.1. The standard InChI is InChI=1S/C85H140O17P2/c1-5-9-13-17-21-25-29-33-35-37-39-41-43-47-50-54-58-62-66-70-83(88)96-76-81(102-85(90)72-68-64-60-56-52-48-44-42-40-38-36-34-30-26-22-18-14-10-6-2)78-100-104(93,94)98-74-79(86)73-97-103(91,92)99-77-80(101-84(89)71-67-63-59-55-51-46-32-28-24-20-16-12-8-4)75-95-82(87)69-65-61-57-53-49-45-31-27-23-19-15-11-7-3/h9-10,13-14,21-22,25-28,31-36,39-42,47-48,50,52,58,62,79-81,86H,5-8,11-12,15-20,23-24,29-30,37-38,43-46,49,51,53-57,59-61,63-78H2,1-4H3,(H,91,92)(H,93,94)/b13-9-,14-10-,25-21-,26-22-,31-27-,32-28-,35-33-,36-34-,41-39-,42-40-,50-47-,52-48-,62-58-. The minimum atomic E-state index is -5.01. The van der Waals surface area contributed by atoms with Crippen LogP contribution in [0.4, 0.5) is 0 Å². The number of ether oxygens (including phenoxy) is 4. The zero-order chi connectivity index (χ0) is 76.0. The molecule has 0 aromatic carbocycles. The van der Waals surface area contributed by atoms with Crippen LogP contribution in [-0.4, -0.2) is 96.7 Å². The van der Waals surface area contributed by atoms with Gasteiger partial charge >= 0.3 is 39.5 Å². The monoisotopic (exact) mass is 1490 g/mol. The lowest BCUT2D eigenvalue weighted by molar-refractivity contribution is -0.161. The summed E-state index contributed by atoms with van der Waals surface area (Å²) in [5, 5.41) is 10.6. The average molecular weight is 1500 g/mol. The fraction of sp³-hybridized carbons (Fsp3) is 0.647. The summed E-state index contributed by atoms with van der Waals surface area (Å²) in [4.78, 5) is 72.9. The van der Waals surface area contributed by atoms with Gasteiger partial charge in [0.05, 0.1) is 26.4 Å². The molecule has 104 heavy (non-hydrogen) atoms. The zero-order valence-electron chi connectivity index (χ0n) is 64.6. The summed E-state index contributed by atoms with van der Waals surface area (Å²) in [5.74, 6) is -2.34. The van der Waals surface area contributed by atoms with E-state index in [0.29, 0.717) is 32.1 Å². The number of hydrogen-bond donors (Lipinski definition) is 3. The molecule has 592 valence electrons. The summed E-state index contributed by atoms with van der Waals surface area (Å²) in [7, 11) is -10.0. The summed E-state index contributed by atoms with van der Waals surface area (Å²) < 4.78 is 68.4. The highest BCUT2D eigenvalue weighted by Crippen LogP contribution is 2.45. The molecule has 0 fully saturated rings. The van der Waals surface area contributed by atoms with Gasteiger partial charge in [-0.1, -0.05) is 269 Å². The summed E-state index contributed by atoms with van der Waals surface area (Å²) >= 11 is 0. The van der Waals surface area contributed by atoms with E-state index in [9.17, 15) is 43.2 Å². The molecule has 0 saturated carbocycles. The molecule has 0 rings (SSSR count). The number of rotatable bonds is 73. The molecule has 0 aliphatic carbocycles. The summed E-state index contributed by atoms with van der Waals surface area (Å²) in [6.07, 6.45) is 88.1. The van der Waals surface area contributed by atoms with Crippen LogP contribution >= 0.6 is 15.6 Å². The zero-order valence-corrected chi connectivity index (χ0v) is 66.4. The van der Waals surface area contributed by atoms with Crippen LogP contribution in [0.15, 0.2) is 158 Å². The molecule has 0 bridgehead atoms. The van der Waals surface area contributed by atoms with Crippen molar-refractivity contribution in [3.63, 3.8) is 0 Å². The molecule has 0 aromatic rings. The van der Waals surface area contributed by atoms with Crippen LogP contribution in [0.3, 0.4) is 0 Å². The number of esters is 4. The SMILES string of the molecule is CC/C=C\C/C=C\C/C=C\C/C=C\C/C=C\C/C=C\CCC(=O)OCC(COP(=O)(O)OCC(O)COP(=O)(O)OCC(COC(=O)CCCCCCC/C=C\CCCCCC)OC(=O)CCCCCCC/C=C\CCCCCC)OC(=O)CCCCC/C=C\C/C=C\C/C=C\C/C=C\C/C=C\CC. The molecule has 0 radical (unpaired) electrons. The first-order valence-electron chi connectivity index (χ1n) is 39.7. The first kappa shape index (κ1) is 98.7. The third kappa shape index (κ3) is 74.9. The van der Waals surface area contributed by atoms with Crippen LogP contribution in [0.1, 0.15) is 297 Å². The van der Waals surface area contributed by atoms with Crippen molar-refractivity contribution in [1.29, 1.82) is 0 Å². The smallest absolute Gasteiger partial charge is 0.462 e. The number of carbonyl (C=O) groups is 4. The van der Waals surface area contributed by atoms with Crippen LogP contribution in [0.2, 0.25) is 0 Å². The number of aliphatic hydroxyl groups is 1. The first-order valence-corrected chi connectivity index (χ1v) is 42.7. The molecule has 5 unspecified atom stereocenters. The maximum absolute atomic E-state index is 13.1. The Bertz CT molecular complexity index is 2590. The predicted octanol–water partition coefficient (Wildman–Crippen LogP) is 23.2. The van der Waals surface area contributed by atoms with E-state index in [1.807, 2.05) is 18.2 Å². The molecule has 5 atom stereocenters. The van der Waals surface area contributed by atoms with Crippen molar-refractivity contribution in [2.75, 3.05) is 39.6 Å². The van der Waals surface area contributed by atoms with E-state index in [0.717, 1.165) is 161 Å². The number of aliphatic hydroxyl groups excluding tert-OH is 1. The van der Waals surface area contributed by atoms with Crippen molar-refractivity contribution < 1.29 is 80.2 Å². The number of allylic oxidation sites excluding steroid dienone is 26. The Morgan fingerprint density at radius 3 is 0.846 bits per heavy atom. The van der Waals surface area contributed by atoms with Gasteiger partial charge in [0, 0.05) is 25.7 Å². The molecular weight excluding hydrogens is 1350 g/mol. The van der Waals surface area contributed by atoms with Crippen molar-refractivity contribution in [2.24, 2.45) is 0 Å². The van der Waals surface area contributed by atoms with Crippen LogP contribution in [0.5, 0.6) is 0 Å². The van der Waals surface area contributed by atoms with E-state index in [-0.39, 0.29) is 25.7 Å². The molecule has 0 saturated heterocycles. The Labute approximate surface area is 629 Å². The molecule has 17 nitrogen and oxygen atoms in total. The molecule has 19 heteroatoms. The van der Waals surface area contributed by atoms with Gasteiger partial charge < -0.3 is 33.8 Å². The van der Waals surface area contributed by atoms with Crippen LogP contribution in [0, 0.1) is 0 Å². The van der Waals surface area contributed by atoms with E-state index >= 15 is 0 Å². The minimum absolute atomic E-state index is 0.0228. The van der Waals surface area contributed by atoms with Crippen LogP contribution in [0.25, 0.3) is 0 Å². The summed E-state index contributed by atoms with van der Waals surface area (Å²) in [6.45, 7) is 4.46. The molecule has 0 spiro atoms. The lowest BCUT2D eigenvalue weighted by Gasteiger charge is -2.21. The molecule has 0 aliphatic heterocycles. The number of carbonyl (C=O) groups excluding carboxylic acids is 4. The Morgan fingerprint density at radius 1 is 0.279 bits per heavy atom. The van der Waals surface area contributed by atoms with Gasteiger partial charge in [-0.15, -0.1) is 0 Å². The highest BCUT2D eigenvalue weighted by Gasteiger charge is 2.30. The third-order valence-electron chi connectivity index (χ3n) is 16.0. The summed E-state index contributed by atoms with van der Waals surface area (Å²) in [5.41, 5.74) is 0. The van der Waals surface area contributed by atoms with Crippen molar-refractivity contribution >= 4 is 39.5 Å². The summed E-state index contributed by atoms with van der Waals surface area (Å²) in [6, 6.07) is 0. The highest BCUT2D eigenvalue weighted by atomic mass is 31.2. The fourth-order valence-electron chi connectivity index (χ4n) is 9.97. The quantitative estimate of drug-likeness (QED) is 0.0169. The Balaban J connectivity index is 5.48. The highest BCUT2D eigenvalue weighted by molar-refractivity contribution is 7.47. The van der Waals surface area contributed by atoms with Gasteiger partial charge in [0.25, 0.3) is 0 Å². The molecule has 3 N–H and O–H groups in total. The van der Waals surface area contributed by atoms with Crippen molar-refractivity contribution in [3.8, 4) is 0 Å². The maximum Gasteiger partial charge on any atom is 0.472 e. The van der Waals surface area contributed by atoms with Crippen molar-refractivity contribution in [3.05, 3.63) is 158 Å². The van der Waals surface area contributed by atoms with E-state index < -0.39 is 97.5 Å². The maximum atomic E-state index is 13.1. The Morgan fingerprint density at radius 2 is 0.519 bits per heavy atom. The van der Waals surface area contributed by atoms with Crippen molar-refractivity contribution in [1.82, 2.24) is 0 Å². The molecular formula is C85H140O17P2. The minimum Gasteiger partial charge on any atom is -0.462 e. The number of phosphoric acid groups is 2. The molecule has 0 heterocycles. The number of phosphoric ester groups is 2. The second-order valence-corrected chi connectivity index (χ2v) is 28.8. The van der Waals surface area contributed by atoms with Gasteiger partial charge in [0.2, 0.25) is 0 Å². The van der Waals surface area contributed by atoms with Crippen molar-refractivity contribution in [2.45, 2.75) is 316 Å². The largest absolute Gasteiger partial charge is 0.472 e. The normalized spacial score (nSPS) is 14.7. The van der Waals surface area contributed by atoms with Gasteiger partial charge in [0.1, 0.15) is 19.3 Å². The third-order valence-corrected chi connectivity index (χ3v) is 17.9. The molecule has 0 aliphatic rings. The predicted molar refractivity (Wildman–Crippen MR) is 427 cm³/mol. The van der Waals surface area contributed by atoms with E-state index in [1.165, 1.54) is 51.4 Å². The lowest BCUT2D eigenvalue weighted by Crippen LogP contribution is -2.30. The Hall–Kier alpha value is -5.32. The molecule has 0 aromatic heterocycles. The fourth-order valence-corrected chi connectivity index (χ4v) is 11.5. The van der Waals surface area contributed by atoms with Crippen LogP contribution < -0.4 is 0 Å². The van der Waals surface area contributed by atoms with Gasteiger partial charge in [-0.05, 0) is 161 Å². The second kappa shape index (κ2) is 75.9. The van der Waals surface area contributed by atoms with Gasteiger partial charge in [-0.25, -0.2) is 9.13 Å². The number of hydrogen-bond acceptors (Lipinski definition) is 15. The van der Waals surface area contributed by atoms with E-state index in [2.05, 4.69) is 167 Å². The van der Waals surface area contributed by atoms with Gasteiger partial charge in [-0.3, -0.25) is 37.3 Å². The van der Waals surface area contributed by atoms with Gasteiger partial charge in [0.15, 0.2) is 12.2 Å². The van der Waals surface area contributed by atoms with Crippen LogP contribution in [-0.2, 0) is 65.4 Å². The van der Waals surface area contributed by atoms with E-state index in [1.54, 1.807) is 0 Å². The van der Waals surface area contributed by atoms with E-state index in [4.69, 9.17) is 37.0 Å². The molecule has 0 amide bonds. The second-order valence-electron chi connectivity index (χ2n) is 25.9. The van der Waals surface area contributed by atoms with Gasteiger partial charge in [-0.2, -0.15) is 0 Å². The topological polar surface area (TPSA) is 237 Å². The Kier molecular flexibility index (Phi) is 72.0. The first-order chi connectivity index (χ1) is 50.7.